The number of benzene rings is 5. The molecule has 1 aliphatic rings. The van der Waals surface area contributed by atoms with E-state index in [1.54, 1.807) is 6.20 Å². The fourth-order valence-electron chi connectivity index (χ4n) is 5.65. The predicted molar refractivity (Wildman–Crippen MR) is 174 cm³/mol. The van der Waals surface area contributed by atoms with Crippen LogP contribution in [0.4, 0.5) is 0 Å². The second-order valence-electron chi connectivity index (χ2n) is 10.5. The van der Waals surface area contributed by atoms with E-state index in [1.807, 2.05) is 48.5 Å². The summed E-state index contributed by atoms with van der Waals surface area (Å²) in [7, 11) is 0. The van der Waals surface area contributed by atoms with Crippen molar-refractivity contribution in [2.24, 2.45) is 9.98 Å². The van der Waals surface area contributed by atoms with Crippen molar-refractivity contribution in [1.29, 1.82) is 0 Å². The monoisotopic (exact) mass is 554 g/mol. The molecule has 0 amide bonds. The molecule has 1 aliphatic heterocycles. The van der Waals surface area contributed by atoms with Crippen LogP contribution in [0, 0.1) is 0 Å². The van der Waals surface area contributed by atoms with Gasteiger partial charge < -0.3 is 9.73 Å². The molecule has 0 saturated heterocycles. The summed E-state index contributed by atoms with van der Waals surface area (Å²) in [5, 5.41) is 5.49. The van der Waals surface area contributed by atoms with Crippen LogP contribution < -0.4 is 5.32 Å². The summed E-state index contributed by atoms with van der Waals surface area (Å²) in [5.41, 5.74) is 9.04. The molecule has 5 heteroatoms. The second kappa shape index (κ2) is 10.5. The van der Waals surface area contributed by atoms with Crippen molar-refractivity contribution >= 4 is 33.6 Å². The van der Waals surface area contributed by atoms with Gasteiger partial charge in [0.1, 0.15) is 23.0 Å². The fourth-order valence-corrected chi connectivity index (χ4v) is 5.65. The first-order valence-corrected chi connectivity index (χ1v) is 14.3. The lowest BCUT2D eigenvalue weighted by molar-refractivity contribution is 0.666. The molecular formula is C38H26N4O. The molecule has 0 spiro atoms. The van der Waals surface area contributed by atoms with Gasteiger partial charge in [-0.2, -0.15) is 0 Å². The molecule has 0 fully saturated rings. The number of para-hydroxylation sites is 1. The number of aromatic nitrogens is 1. The Bertz CT molecular complexity index is 2130. The molecule has 2 aromatic heterocycles. The van der Waals surface area contributed by atoms with Crippen molar-refractivity contribution in [3.8, 4) is 22.3 Å². The van der Waals surface area contributed by atoms with Crippen LogP contribution in [0.1, 0.15) is 23.0 Å². The normalized spacial score (nSPS) is 14.7. The van der Waals surface area contributed by atoms with E-state index in [-0.39, 0.29) is 6.17 Å². The van der Waals surface area contributed by atoms with Gasteiger partial charge in [0.25, 0.3) is 0 Å². The molecule has 43 heavy (non-hydrogen) atoms. The lowest BCUT2D eigenvalue weighted by Crippen LogP contribution is -2.34. The zero-order valence-corrected chi connectivity index (χ0v) is 23.2. The Morgan fingerprint density at radius 2 is 1.12 bits per heavy atom. The van der Waals surface area contributed by atoms with Crippen molar-refractivity contribution in [2.45, 2.75) is 6.17 Å². The average Bonchev–Trinajstić information content (AvgIpc) is 3.48. The number of amidine groups is 2. The number of hydrogen-bond acceptors (Lipinski definition) is 5. The Balaban J connectivity index is 1.18. The number of fused-ring (bicyclic) bond motifs is 3. The van der Waals surface area contributed by atoms with E-state index in [1.165, 1.54) is 11.1 Å². The topological polar surface area (TPSA) is 62.8 Å². The first-order chi connectivity index (χ1) is 21.3. The number of pyridine rings is 1. The highest BCUT2D eigenvalue weighted by Gasteiger charge is 2.24. The van der Waals surface area contributed by atoms with Crippen LogP contribution in [0.25, 0.3) is 44.2 Å². The molecule has 0 aliphatic carbocycles. The number of aliphatic imine (C=N–C) groups is 2. The molecule has 1 unspecified atom stereocenters. The van der Waals surface area contributed by atoms with Crippen LogP contribution in [0.5, 0.6) is 0 Å². The molecule has 7 aromatic rings. The maximum atomic E-state index is 6.14. The summed E-state index contributed by atoms with van der Waals surface area (Å²) in [6, 6.07) is 47.7. The average molecular weight is 555 g/mol. The number of hydrogen-bond donors (Lipinski definition) is 1. The Hall–Kier alpha value is -5.81. The fraction of sp³-hybridized carbons (Fsp3) is 0.0263. The van der Waals surface area contributed by atoms with Crippen LogP contribution in [0.15, 0.2) is 160 Å². The third-order valence-corrected chi connectivity index (χ3v) is 7.84. The van der Waals surface area contributed by atoms with Gasteiger partial charge in [-0.3, -0.25) is 4.98 Å². The molecule has 0 bridgehead atoms. The Morgan fingerprint density at radius 1 is 0.535 bits per heavy atom. The number of furan rings is 1. The first kappa shape index (κ1) is 24.9. The minimum atomic E-state index is -0.316. The maximum Gasteiger partial charge on any atom is 0.159 e. The predicted octanol–water partition coefficient (Wildman–Crippen LogP) is 8.81. The molecule has 3 heterocycles. The van der Waals surface area contributed by atoms with Crippen LogP contribution in [0.3, 0.4) is 0 Å². The number of rotatable bonds is 5. The molecule has 5 nitrogen and oxygen atoms in total. The molecule has 0 radical (unpaired) electrons. The Morgan fingerprint density at radius 3 is 1.81 bits per heavy atom. The minimum absolute atomic E-state index is 0.316. The molecule has 1 N–H and O–H groups in total. The zero-order valence-electron chi connectivity index (χ0n) is 23.2. The maximum absolute atomic E-state index is 6.14. The van der Waals surface area contributed by atoms with Crippen molar-refractivity contribution in [3.63, 3.8) is 0 Å². The number of nitrogens with one attached hydrogen (secondary N) is 1. The van der Waals surface area contributed by atoms with Crippen LogP contribution in [0.2, 0.25) is 0 Å². The summed E-state index contributed by atoms with van der Waals surface area (Å²) in [6.45, 7) is 0. The molecule has 0 saturated carbocycles. The zero-order chi connectivity index (χ0) is 28.6. The van der Waals surface area contributed by atoms with Gasteiger partial charge in [0, 0.05) is 17.1 Å². The molecule has 8 rings (SSSR count). The van der Waals surface area contributed by atoms with E-state index in [0.717, 1.165) is 49.9 Å². The molecule has 5 aromatic carbocycles. The Labute approximate surface area is 248 Å². The van der Waals surface area contributed by atoms with Gasteiger partial charge in [0.15, 0.2) is 11.7 Å². The molecular weight excluding hydrogens is 528 g/mol. The van der Waals surface area contributed by atoms with E-state index in [9.17, 15) is 0 Å². The quantitative estimate of drug-likeness (QED) is 0.231. The van der Waals surface area contributed by atoms with Gasteiger partial charge in [-0.25, -0.2) is 9.98 Å². The van der Waals surface area contributed by atoms with Crippen LogP contribution in [-0.4, -0.2) is 16.7 Å². The van der Waals surface area contributed by atoms with Crippen LogP contribution >= 0.6 is 0 Å². The molecule has 1 atom stereocenters. The summed E-state index contributed by atoms with van der Waals surface area (Å²) in [5.74, 6) is 1.32. The van der Waals surface area contributed by atoms with Crippen LogP contribution in [-0.2, 0) is 0 Å². The van der Waals surface area contributed by atoms with E-state index >= 15 is 0 Å². The third kappa shape index (κ3) is 4.67. The highest BCUT2D eigenvalue weighted by Crippen LogP contribution is 2.32. The van der Waals surface area contributed by atoms with Gasteiger partial charge >= 0.3 is 0 Å². The van der Waals surface area contributed by atoms with Gasteiger partial charge in [-0.15, -0.1) is 0 Å². The van der Waals surface area contributed by atoms with E-state index in [2.05, 4.69) is 96.3 Å². The number of nitrogens with zero attached hydrogens (tertiary/aromatic N) is 3. The lowest BCUT2D eigenvalue weighted by atomic mass is 9.99. The van der Waals surface area contributed by atoms with Crippen molar-refractivity contribution < 1.29 is 4.42 Å². The highest BCUT2D eigenvalue weighted by molar-refractivity contribution is 6.20. The van der Waals surface area contributed by atoms with Crippen molar-refractivity contribution in [2.75, 3.05) is 0 Å². The SMILES string of the molecule is c1ccc(-c2ccc(-c3ccc(C4=NC(c5ccccc5)NC(c5nccc6oc7ccccc7c56)=N4)cc3)cc2)cc1. The Kier molecular flexibility index (Phi) is 6.12. The summed E-state index contributed by atoms with van der Waals surface area (Å²) < 4.78 is 6.14. The standard InChI is InChI=1S/C38H26N4O/c1-3-9-25(10-4-1)26-15-17-27(18-16-26)28-19-21-30(22-20-28)37-40-36(29-11-5-2-6-12-29)41-38(42-37)35-34-31-13-7-8-14-32(31)43-33(34)23-24-39-35/h1-24,36H,(H,40,41,42). The first-order valence-electron chi connectivity index (χ1n) is 14.3. The second-order valence-corrected chi connectivity index (χ2v) is 10.5. The van der Waals surface area contributed by atoms with Crippen molar-refractivity contribution in [3.05, 3.63) is 163 Å². The summed E-state index contributed by atoms with van der Waals surface area (Å²) in [6.07, 6.45) is 1.45. The summed E-state index contributed by atoms with van der Waals surface area (Å²) >= 11 is 0. The van der Waals surface area contributed by atoms with E-state index in [0.29, 0.717) is 11.7 Å². The van der Waals surface area contributed by atoms with E-state index < -0.39 is 0 Å². The third-order valence-electron chi connectivity index (χ3n) is 7.84. The van der Waals surface area contributed by atoms with Gasteiger partial charge in [0.2, 0.25) is 0 Å². The minimum Gasteiger partial charge on any atom is -0.456 e. The lowest BCUT2D eigenvalue weighted by Gasteiger charge is -2.23. The molecule has 204 valence electrons. The van der Waals surface area contributed by atoms with Gasteiger partial charge in [0.05, 0.1) is 5.39 Å². The van der Waals surface area contributed by atoms with Gasteiger partial charge in [-0.1, -0.05) is 127 Å². The van der Waals surface area contributed by atoms with Crippen molar-refractivity contribution in [1.82, 2.24) is 10.3 Å². The largest absolute Gasteiger partial charge is 0.456 e. The highest BCUT2D eigenvalue weighted by atomic mass is 16.3. The smallest absolute Gasteiger partial charge is 0.159 e. The van der Waals surface area contributed by atoms with Gasteiger partial charge in [-0.05, 0) is 39.9 Å². The van der Waals surface area contributed by atoms with E-state index in [4.69, 9.17) is 19.4 Å². The summed E-state index contributed by atoms with van der Waals surface area (Å²) in [4.78, 5) is 14.9.